The number of halogens is 1. The maximum atomic E-state index is 13.3. The third kappa shape index (κ3) is 3.94. The summed E-state index contributed by atoms with van der Waals surface area (Å²) in [4.78, 5) is 22.9. The van der Waals surface area contributed by atoms with Crippen LogP contribution in [0.4, 0.5) is 4.39 Å². The molecule has 126 valence electrons. The maximum absolute atomic E-state index is 13.3. The van der Waals surface area contributed by atoms with Crippen LogP contribution in [0.2, 0.25) is 0 Å². The van der Waals surface area contributed by atoms with Gasteiger partial charge in [0.05, 0.1) is 25.3 Å². The van der Waals surface area contributed by atoms with Crippen LogP contribution in [0.1, 0.15) is 28.9 Å². The first-order valence-electron chi connectivity index (χ1n) is 7.97. The zero-order valence-corrected chi connectivity index (χ0v) is 13.8. The van der Waals surface area contributed by atoms with Crippen molar-refractivity contribution in [1.29, 1.82) is 0 Å². The zero-order chi connectivity index (χ0) is 17.1. The molecule has 3 rings (SSSR count). The molecular weight excluding hydrogens is 309 g/mol. The van der Waals surface area contributed by atoms with Crippen molar-refractivity contribution >= 4 is 5.91 Å². The number of benzene rings is 1. The Labute approximate surface area is 140 Å². The quantitative estimate of drug-likeness (QED) is 0.867. The molecule has 0 saturated carbocycles. The highest BCUT2D eigenvalue weighted by Gasteiger charge is 2.26. The fourth-order valence-corrected chi connectivity index (χ4v) is 2.90. The van der Waals surface area contributed by atoms with Crippen LogP contribution in [0.15, 0.2) is 30.3 Å². The van der Waals surface area contributed by atoms with Crippen LogP contribution in [0.5, 0.6) is 0 Å². The second-order valence-corrected chi connectivity index (χ2v) is 5.99. The number of aryl methyl sites for hydroxylation is 2. The topological polar surface area (TPSA) is 55.3 Å². The van der Waals surface area contributed by atoms with Gasteiger partial charge in [-0.15, -0.1) is 0 Å². The van der Waals surface area contributed by atoms with Gasteiger partial charge in [-0.05, 0) is 37.6 Å². The number of nitrogens with zero attached hydrogens (tertiary/aromatic N) is 3. The summed E-state index contributed by atoms with van der Waals surface area (Å²) in [7, 11) is 0. The van der Waals surface area contributed by atoms with Crippen LogP contribution < -0.4 is 0 Å². The first-order valence-corrected chi connectivity index (χ1v) is 7.97. The lowest BCUT2D eigenvalue weighted by molar-refractivity contribution is -0.138. The number of aromatic nitrogens is 2. The van der Waals surface area contributed by atoms with Crippen LogP contribution in [0.25, 0.3) is 0 Å². The minimum absolute atomic E-state index is 0.0311. The van der Waals surface area contributed by atoms with Crippen molar-refractivity contribution in [3.8, 4) is 0 Å². The lowest BCUT2D eigenvalue weighted by atomic mass is 10.1. The minimum Gasteiger partial charge on any atom is -0.368 e. The molecule has 1 unspecified atom stereocenters. The fraction of sp³-hybridized carbons (Fsp3) is 0.389. The number of carbonyl (C=O) groups excluding carboxylic acids is 1. The molecule has 0 spiro atoms. The predicted molar refractivity (Wildman–Crippen MR) is 86.9 cm³/mol. The number of rotatable bonds is 3. The van der Waals surface area contributed by atoms with Crippen LogP contribution in [0, 0.1) is 19.7 Å². The molecule has 0 aliphatic carbocycles. The summed E-state index contributed by atoms with van der Waals surface area (Å²) in [5, 5.41) is 0. The van der Waals surface area contributed by atoms with Crippen molar-refractivity contribution in [3.63, 3.8) is 0 Å². The van der Waals surface area contributed by atoms with Gasteiger partial charge < -0.3 is 9.64 Å². The Morgan fingerprint density at radius 2 is 2.17 bits per heavy atom. The first kappa shape index (κ1) is 16.5. The molecule has 1 fully saturated rings. The van der Waals surface area contributed by atoms with Gasteiger partial charge in [-0.3, -0.25) is 4.79 Å². The van der Waals surface area contributed by atoms with E-state index >= 15 is 0 Å². The van der Waals surface area contributed by atoms with E-state index in [1.54, 1.807) is 17.0 Å². The molecule has 5 nitrogen and oxygen atoms in total. The summed E-state index contributed by atoms with van der Waals surface area (Å²) >= 11 is 0. The number of hydrogen-bond donors (Lipinski definition) is 0. The highest BCUT2D eigenvalue weighted by Crippen LogP contribution is 2.22. The molecule has 1 aromatic carbocycles. The van der Waals surface area contributed by atoms with Crippen molar-refractivity contribution in [3.05, 3.63) is 58.9 Å². The van der Waals surface area contributed by atoms with Gasteiger partial charge in [-0.2, -0.15) is 0 Å². The van der Waals surface area contributed by atoms with E-state index in [1.165, 1.54) is 12.1 Å². The third-order valence-corrected chi connectivity index (χ3v) is 3.98. The number of amides is 1. The number of morpholine rings is 1. The van der Waals surface area contributed by atoms with Crippen LogP contribution in [-0.2, 0) is 16.0 Å². The Balaban J connectivity index is 1.69. The number of carbonyl (C=O) groups is 1. The lowest BCUT2D eigenvalue weighted by Crippen LogP contribution is -2.43. The Bertz CT molecular complexity index is 731. The summed E-state index contributed by atoms with van der Waals surface area (Å²) in [6.07, 6.45) is -0.0673. The molecule has 0 radical (unpaired) electrons. The highest BCUT2D eigenvalue weighted by molar-refractivity contribution is 5.78. The van der Waals surface area contributed by atoms with E-state index in [2.05, 4.69) is 9.97 Å². The molecule has 1 aliphatic rings. The van der Waals surface area contributed by atoms with E-state index in [4.69, 9.17) is 4.74 Å². The second kappa shape index (κ2) is 7.05. The smallest absolute Gasteiger partial charge is 0.227 e. The average Bonchev–Trinajstić information content (AvgIpc) is 2.54. The van der Waals surface area contributed by atoms with Gasteiger partial charge in [0.15, 0.2) is 0 Å². The molecule has 2 heterocycles. The molecule has 1 saturated heterocycles. The summed E-state index contributed by atoms with van der Waals surface area (Å²) in [6.45, 7) is 5.19. The van der Waals surface area contributed by atoms with Crippen LogP contribution in [0.3, 0.4) is 0 Å². The molecular formula is C18H20FN3O2. The predicted octanol–water partition coefficient (Wildman–Crippen LogP) is 2.38. The average molecular weight is 329 g/mol. The minimum atomic E-state index is -0.327. The van der Waals surface area contributed by atoms with E-state index in [0.29, 0.717) is 31.1 Å². The van der Waals surface area contributed by atoms with Gasteiger partial charge in [0.25, 0.3) is 0 Å². The molecule has 0 bridgehead atoms. The van der Waals surface area contributed by atoms with E-state index in [9.17, 15) is 9.18 Å². The molecule has 1 aromatic heterocycles. The van der Waals surface area contributed by atoms with Crippen LogP contribution >= 0.6 is 0 Å². The fourth-order valence-electron chi connectivity index (χ4n) is 2.90. The second-order valence-electron chi connectivity index (χ2n) is 5.99. The molecule has 2 aromatic rings. The summed E-state index contributed by atoms with van der Waals surface area (Å²) in [5.41, 5.74) is 2.35. The van der Waals surface area contributed by atoms with E-state index in [-0.39, 0.29) is 24.2 Å². The molecule has 6 heteroatoms. The standard InChI is InChI=1S/C18H20FN3O2/c1-12-8-16(21-13(2)20-12)17-11-22(6-7-24-17)18(23)10-14-4-3-5-15(19)9-14/h3-5,8-9,17H,6-7,10-11H2,1-2H3. The summed E-state index contributed by atoms with van der Waals surface area (Å²) < 4.78 is 19.0. The molecule has 0 N–H and O–H groups in total. The van der Waals surface area contributed by atoms with Crippen molar-refractivity contribution in [1.82, 2.24) is 14.9 Å². The van der Waals surface area contributed by atoms with Gasteiger partial charge in [0.2, 0.25) is 5.91 Å². The number of hydrogen-bond acceptors (Lipinski definition) is 4. The maximum Gasteiger partial charge on any atom is 0.227 e. The van der Waals surface area contributed by atoms with Gasteiger partial charge in [-0.25, -0.2) is 14.4 Å². The first-order chi connectivity index (χ1) is 11.5. The Kier molecular flexibility index (Phi) is 4.85. The van der Waals surface area contributed by atoms with Gasteiger partial charge in [-0.1, -0.05) is 12.1 Å². The Morgan fingerprint density at radius 3 is 2.92 bits per heavy atom. The largest absolute Gasteiger partial charge is 0.368 e. The molecule has 24 heavy (non-hydrogen) atoms. The van der Waals surface area contributed by atoms with E-state index < -0.39 is 0 Å². The Morgan fingerprint density at radius 1 is 1.33 bits per heavy atom. The van der Waals surface area contributed by atoms with Gasteiger partial charge >= 0.3 is 0 Å². The van der Waals surface area contributed by atoms with Gasteiger partial charge in [0, 0.05) is 12.2 Å². The normalized spacial score (nSPS) is 17.8. The van der Waals surface area contributed by atoms with E-state index in [0.717, 1.165) is 11.4 Å². The zero-order valence-electron chi connectivity index (χ0n) is 13.8. The summed E-state index contributed by atoms with van der Waals surface area (Å²) in [5.74, 6) is 0.334. The molecule has 1 atom stereocenters. The van der Waals surface area contributed by atoms with Crippen molar-refractivity contribution in [2.75, 3.05) is 19.7 Å². The van der Waals surface area contributed by atoms with E-state index in [1.807, 2.05) is 19.9 Å². The Hall–Kier alpha value is -2.34. The van der Waals surface area contributed by atoms with Crippen LogP contribution in [-0.4, -0.2) is 40.5 Å². The van der Waals surface area contributed by atoms with Crippen molar-refractivity contribution in [2.24, 2.45) is 0 Å². The van der Waals surface area contributed by atoms with Crippen molar-refractivity contribution in [2.45, 2.75) is 26.4 Å². The molecule has 1 amide bonds. The SMILES string of the molecule is Cc1cc(C2CN(C(=O)Cc3cccc(F)c3)CCO2)nc(C)n1. The number of ether oxygens (including phenoxy) is 1. The third-order valence-electron chi connectivity index (χ3n) is 3.98. The van der Waals surface area contributed by atoms with Gasteiger partial charge in [0.1, 0.15) is 17.7 Å². The highest BCUT2D eigenvalue weighted by atomic mass is 19.1. The summed E-state index contributed by atoms with van der Waals surface area (Å²) in [6, 6.07) is 8.03. The monoisotopic (exact) mass is 329 g/mol. The van der Waals surface area contributed by atoms with Crippen molar-refractivity contribution < 1.29 is 13.9 Å². The molecule has 1 aliphatic heterocycles. The lowest BCUT2D eigenvalue weighted by Gasteiger charge is -2.33.